The summed E-state index contributed by atoms with van der Waals surface area (Å²) in [6.07, 6.45) is 1.58. The summed E-state index contributed by atoms with van der Waals surface area (Å²) in [7, 11) is 1.89. The van der Waals surface area contributed by atoms with Crippen LogP contribution in [-0.4, -0.2) is 18.3 Å². The van der Waals surface area contributed by atoms with Gasteiger partial charge in [-0.3, -0.25) is 4.79 Å². The highest BCUT2D eigenvalue weighted by molar-refractivity contribution is 7.17. The fraction of sp³-hybridized carbons (Fsp3) is 0.286. The molecule has 0 fully saturated rings. The summed E-state index contributed by atoms with van der Waals surface area (Å²) < 4.78 is 13.1. The molecule has 19 heavy (non-hydrogen) atoms. The van der Waals surface area contributed by atoms with Gasteiger partial charge in [-0.1, -0.05) is 30.4 Å². The number of hydrogen-bond donors (Lipinski definition) is 0. The molecule has 0 aliphatic heterocycles. The second kappa shape index (κ2) is 5.93. The Bertz CT molecular complexity index is 583. The van der Waals surface area contributed by atoms with Crippen LogP contribution in [0.2, 0.25) is 0 Å². The third-order valence-corrected chi connectivity index (χ3v) is 3.93. The minimum absolute atomic E-state index is 0.243. The van der Waals surface area contributed by atoms with Crippen molar-refractivity contribution < 1.29 is 9.18 Å². The Morgan fingerprint density at radius 3 is 2.84 bits per heavy atom. The molecule has 0 bridgehead atoms. The van der Waals surface area contributed by atoms with Crippen LogP contribution in [0.3, 0.4) is 0 Å². The second-order valence-corrected chi connectivity index (χ2v) is 5.27. The lowest BCUT2D eigenvalue weighted by atomic mass is 10.2. The number of aromatic nitrogens is 1. The van der Waals surface area contributed by atoms with Gasteiger partial charge in [0, 0.05) is 13.6 Å². The Morgan fingerprint density at radius 2 is 2.26 bits per heavy atom. The predicted molar refractivity (Wildman–Crippen MR) is 75.4 cm³/mol. The topological polar surface area (TPSA) is 33.2 Å². The molecule has 0 unspecified atom stereocenters. The van der Waals surface area contributed by atoms with E-state index in [0.29, 0.717) is 11.4 Å². The van der Waals surface area contributed by atoms with E-state index in [-0.39, 0.29) is 5.82 Å². The first-order valence-corrected chi connectivity index (χ1v) is 6.86. The van der Waals surface area contributed by atoms with Crippen LogP contribution in [-0.2, 0) is 13.0 Å². The summed E-state index contributed by atoms with van der Waals surface area (Å²) in [4.78, 5) is 18.0. The molecule has 0 amide bonds. The third kappa shape index (κ3) is 3.17. The quantitative estimate of drug-likeness (QED) is 0.787. The first-order valence-electron chi connectivity index (χ1n) is 6.04. The summed E-state index contributed by atoms with van der Waals surface area (Å²) in [5.74, 6) is -0.243. The number of aryl methyl sites for hydroxylation is 1. The lowest BCUT2D eigenvalue weighted by Crippen LogP contribution is -2.16. The van der Waals surface area contributed by atoms with Crippen LogP contribution < -0.4 is 4.90 Å². The molecule has 2 rings (SSSR count). The fourth-order valence-electron chi connectivity index (χ4n) is 1.84. The highest BCUT2D eigenvalue weighted by Gasteiger charge is 2.12. The molecule has 0 spiro atoms. The molecule has 1 aromatic heterocycles. The highest BCUT2D eigenvalue weighted by atomic mass is 32.1. The summed E-state index contributed by atoms with van der Waals surface area (Å²) in [5.41, 5.74) is 1.70. The van der Waals surface area contributed by atoms with Crippen molar-refractivity contribution >= 4 is 22.8 Å². The van der Waals surface area contributed by atoms with E-state index in [2.05, 4.69) is 4.98 Å². The Labute approximate surface area is 115 Å². The van der Waals surface area contributed by atoms with E-state index in [1.54, 1.807) is 6.07 Å². The molecule has 100 valence electrons. The molecule has 0 atom stereocenters. The molecule has 3 nitrogen and oxygen atoms in total. The minimum atomic E-state index is -0.243. The first kappa shape index (κ1) is 13.7. The lowest BCUT2D eigenvalue weighted by Gasteiger charge is -2.15. The van der Waals surface area contributed by atoms with Gasteiger partial charge in [0.15, 0.2) is 11.4 Å². The lowest BCUT2D eigenvalue weighted by molar-refractivity contribution is 0.112. The van der Waals surface area contributed by atoms with Gasteiger partial charge in [0.25, 0.3) is 0 Å². The molecule has 0 saturated heterocycles. The van der Waals surface area contributed by atoms with E-state index in [1.165, 1.54) is 23.5 Å². The molecule has 0 aliphatic carbocycles. The molecular formula is C14H15FN2OS. The SMILES string of the molecule is CCc1nc(N(C)Cc2cccc(F)c2)sc1C=O. The van der Waals surface area contributed by atoms with E-state index in [1.807, 2.05) is 24.9 Å². The van der Waals surface area contributed by atoms with Crippen molar-refractivity contribution in [3.63, 3.8) is 0 Å². The number of halogens is 1. The maximum Gasteiger partial charge on any atom is 0.186 e. The van der Waals surface area contributed by atoms with Gasteiger partial charge < -0.3 is 4.90 Å². The molecule has 0 radical (unpaired) electrons. The average molecular weight is 278 g/mol. The summed E-state index contributed by atoms with van der Waals surface area (Å²) in [6.45, 7) is 2.53. The van der Waals surface area contributed by atoms with Crippen LogP contribution in [0, 0.1) is 5.82 Å². The van der Waals surface area contributed by atoms with Crippen LogP contribution >= 0.6 is 11.3 Å². The number of hydrogen-bond acceptors (Lipinski definition) is 4. The zero-order chi connectivity index (χ0) is 13.8. The van der Waals surface area contributed by atoms with E-state index in [0.717, 1.165) is 29.1 Å². The van der Waals surface area contributed by atoms with E-state index in [9.17, 15) is 9.18 Å². The van der Waals surface area contributed by atoms with Gasteiger partial charge in [-0.2, -0.15) is 0 Å². The second-order valence-electron chi connectivity index (χ2n) is 4.26. The summed E-state index contributed by atoms with van der Waals surface area (Å²) in [5, 5.41) is 0.781. The molecule has 1 aromatic carbocycles. The summed E-state index contributed by atoms with van der Waals surface area (Å²) in [6, 6.07) is 6.49. The van der Waals surface area contributed by atoms with Crippen LogP contribution in [0.4, 0.5) is 9.52 Å². The van der Waals surface area contributed by atoms with Crippen LogP contribution in [0.5, 0.6) is 0 Å². The van der Waals surface area contributed by atoms with E-state index < -0.39 is 0 Å². The van der Waals surface area contributed by atoms with Crippen molar-refractivity contribution in [2.45, 2.75) is 19.9 Å². The maximum atomic E-state index is 13.1. The summed E-state index contributed by atoms with van der Waals surface area (Å²) >= 11 is 1.37. The Morgan fingerprint density at radius 1 is 1.47 bits per heavy atom. The standard InChI is InChI=1S/C14H15FN2OS/c1-3-12-13(9-18)19-14(16-12)17(2)8-10-5-4-6-11(15)7-10/h4-7,9H,3,8H2,1-2H3. The van der Waals surface area contributed by atoms with Crippen LogP contribution in [0.25, 0.3) is 0 Å². The normalized spacial score (nSPS) is 10.5. The Hall–Kier alpha value is -1.75. The average Bonchev–Trinajstić information content (AvgIpc) is 2.82. The molecular weight excluding hydrogens is 263 g/mol. The van der Waals surface area contributed by atoms with Gasteiger partial charge in [0.1, 0.15) is 5.82 Å². The molecule has 0 aliphatic rings. The van der Waals surface area contributed by atoms with Gasteiger partial charge in [0.2, 0.25) is 0 Å². The number of carbonyl (C=O) groups is 1. The van der Waals surface area contributed by atoms with Crippen molar-refractivity contribution in [1.82, 2.24) is 4.98 Å². The van der Waals surface area contributed by atoms with E-state index >= 15 is 0 Å². The zero-order valence-electron chi connectivity index (χ0n) is 10.9. The number of carbonyl (C=O) groups excluding carboxylic acids is 1. The largest absolute Gasteiger partial charge is 0.347 e. The molecule has 0 N–H and O–H groups in total. The molecule has 5 heteroatoms. The van der Waals surface area contributed by atoms with Crippen molar-refractivity contribution in [2.24, 2.45) is 0 Å². The van der Waals surface area contributed by atoms with Gasteiger partial charge in [-0.25, -0.2) is 9.37 Å². The van der Waals surface area contributed by atoms with Crippen molar-refractivity contribution in [2.75, 3.05) is 11.9 Å². The zero-order valence-corrected chi connectivity index (χ0v) is 11.7. The number of thiazole rings is 1. The smallest absolute Gasteiger partial charge is 0.186 e. The molecule has 2 aromatic rings. The van der Waals surface area contributed by atoms with Gasteiger partial charge in [-0.15, -0.1) is 0 Å². The van der Waals surface area contributed by atoms with Crippen molar-refractivity contribution in [3.05, 3.63) is 46.2 Å². The highest BCUT2D eigenvalue weighted by Crippen LogP contribution is 2.25. The number of anilines is 1. The molecule has 0 saturated carbocycles. The Kier molecular flexibility index (Phi) is 4.27. The number of benzene rings is 1. The van der Waals surface area contributed by atoms with Crippen molar-refractivity contribution in [1.29, 1.82) is 0 Å². The van der Waals surface area contributed by atoms with Gasteiger partial charge in [0.05, 0.1) is 10.6 Å². The molecule has 1 heterocycles. The van der Waals surface area contributed by atoms with Crippen molar-refractivity contribution in [3.8, 4) is 0 Å². The fourth-order valence-corrected chi connectivity index (χ4v) is 2.76. The van der Waals surface area contributed by atoms with Crippen LogP contribution in [0.15, 0.2) is 24.3 Å². The minimum Gasteiger partial charge on any atom is -0.347 e. The maximum absolute atomic E-state index is 13.1. The monoisotopic (exact) mass is 278 g/mol. The van der Waals surface area contributed by atoms with Gasteiger partial charge >= 0.3 is 0 Å². The number of rotatable bonds is 5. The van der Waals surface area contributed by atoms with Gasteiger partial charge in [-0.05, 0) is 24.1 Å². The third-order valence-electron chi connectivity index (χ3n) is 2.79. The predicted octanol–water partition coefficient (Wildman–Crippen LogP) is 3.29. The van der Waals surface area contributed by atoms with E-state index in [4.69, 9.17) is 0 Å². The number of aldehydes is 1. The number of nitrogens with zero attached hydrogens (tertiary/aromatic N) is 2. The van der Waals surface area contributed by atoms with Crippen LogP contribution in [0.1, 0.15) is 27.9 Å². The first-order chi connectivity index (χ1) is 9.13. The Balaban J connectivity index is 2.17.